The maximum absolute atomic E-state index is 13.2. The Balaban J connectivity index is 1.75. The molecule has 10 heteroatoms. The fraction of sp³-hybridized carbons (Fsp3) is 0.450. The van der Waals surface area contributed by atoms with Crippen molar-refractivity contribution in [3.8, 4) is 5.69 Å². The fourth-order valence-corrected chi connectivity index (χ4v) is 5.56. The molecular formula is C20H24N4O5S. The van der Waals surface area contributed by atoms with E-state index in [1.54, 1.807) is 22.8 Å². The summed E-state index contributed by atoms with van der Waals surface area (Å²) in [6.45, 7) is -0.623. The number of carbonyl (C=O) groups excluding carboxylic acids is 2. The lowest BCUT2D eigenvalue weighted by atomic mass is 9.95. The van der Waals surface area contributed by atoms with Gasteiger partial charge >= 0.3 is 5.97 Å². The van der Waals surface area contributed by atoms with Crippen LogP contribution < -0.4 is 5.32 Å². The number of ether oxygens (including phenoxy) is 1. The highest BCUT2D eigenvalue weighted by atomic mass is 32.2. The number of aromatic nitrogens is 2. The van der Waals surface area contributed by atoms with Gasteiger partial charge in [0, 0.05) is 6.04 Å². The minimum absolute atomic E-state index is 0.0456. The lowest BCUT2D eigenvalue weighted by Gasteiger charge is -2.23. The van der Waals surface area contributed by atoms with Crippen molar-refractivity contribution in [3.05, 3.63) is 42.0 Å². The van der Waals surface area contributed by atoms with E-state index >= 15 is 0 Å². The van der Waals surface area contributed by atoms with Gasteiger partial charge in [-0.1, -0.05) is 31.4 Å². The van der Waals surface area contributed by atoms with Gasteiger partial charge in [-0.3, -0.25) is 14.2 Å². The minimum atomic E-state index is -3.98. The Morgan fingerprint density at radius 2 is 1.93 bits per heavy atom. The van der Waals surface area contributed by atoms with Crippen LogP contribution in [-0.2, 0) is 26.1 Å². The third-order valence-electron chi connectivity index (χ3n) is 5.62. The topological polar surface area (TPSA) is 111 Å². The number of methoxy groups -OCH3 is 1. The van der Waals surface area contributed by atoms with Gasteiger partial charge in [0.1, 0.15) is 17.8 Å². The molecule has 0 bridgehead atoms. The number of imidazole rings is 1. The summed E-state index contributed by atoms with van der Waals surface area (Å²) in [5.74, 6) is -1.01. The summed E-state index contributed by atoms with van der Waals surface area (Å²) in [5.41, 5.74) is 0.979. The van der Waals surface area contributed by atoms with Crippen molar-refractivity contribution >= 4 is 21.9 Å². The summed E-state index contributed by atoms with van der Waals surface area (Å²) in [6.07, 6.45) is 6.63. The number of fused-ring (bicyclic) bond motifs is 3. The molecule has 2 heterocycles. The first-order valence-electron chi connectivity index (χ1n) is 9.95. The molecule has 4 rings (SSSR count). The van der Waals surface area contributed by atoms with Crippen molar-refractivity contribution in [1.29, 1.82) is 0 Å². The van der Waals surface area contributed by atoms with Gasteiger partial charge in [-0.25, -0.2) is 13.4 Å². The number of rotatable bonds is 4. The molecule has 1 aliphatic heterocycles. The van der Waals surface area contributed by atoms with Crippen LogP contribution in [0.3, 0.4) is 0 Å². The SMILES string of the molecule is COC(=O)CN1Cc2c(C(=O)NC3CCCCC3)ncn2-c2ccccc2S1(=O)=O. The number of hydrogen-bond donors (Lipinski definition) is 1. The summed E-state index contributed by atoms with van der Waals surface area (Å²) in [4.78, 5) is 29.2. The second-order valence-corrected chi connectivity index (χ2v) is 9.44. The Labute approximate surface area is 175 Å². The predicted octanol–water partition coefficient (Wildman–Crippen LogP) is 1.61. The van der Waals surface area contributed by atoms with Crippen LogP contribution in [0.5, 0.6) is 0 Å². The number of benzene rings is 1. The summed E-state index contributed by atoms with van der Waals surface area (Å²) in [6, 6.07) is 6.56. The molecule has 1 aliphatic carbocycles. The quantitative estimate of drug-likeness (QED) is 0.735. The van der Waals surface area contributed by atoms with Crippen LogP contribution in [0.2, 0.25) is 0 Å². The lowest BCUT2D eigenvalue weighted by Crippen LogP contribution is -2.38. The first-order chi connectivity index (χ1) is 14.4. The number of nitrogens with zero attached hydrogens (tertiary/aromatic N) is 3. The zero-order valence-corrected chi connectivity index (χ0v) is 17.5. The molecular weight excluding hydrogens is 408 g/mol. The largest absolute Gasteiger partial charge is 0.468 e. The molecule has 0 atom stereocenters. The zero-order chi connectivity index (χ0) is 21.3. The molecule has 1 saturated carbocycles. The Kier molecular flexibility index (Phi) is 5.61. The van der Waals surface area contributed by atoms with Crippen LogP contribution in [0.4, 0.5) is 0 Å². The van der Waals surface area contributed by atoms with E-state index in [0.717, 1.165) is 30.0 Å². The molecule has 9 nitrogen and oxygen atoms in total. The zero-order valence-electron chi connectivity index (χ0n) is 16.7. The van der Waals surface area contributed by atoms with E-state index in [9.17, 15) is 18.0 Å². The van der Waals surface area contributed by atoms with Crippen LogP contribution in [0.1, 0.15) is 48.3 Å². The monoisotopic (exact) mass is 432 g/mol. The van der Waals surface area contributed by atoms with E-state index in [4.69, 9.17) is 0 Å². The molecule has 0 spiro atoms. The second-order valence-electron chi connectivity index (χ2n) is 7.54. The van der Waals surface area contributed by atoms with Crippen LogP contribution in [0.15, 0.2) is 35.5 Å². The number of nitrogens with one attached hydrogen (secondary N) is 1. The average molecular weight is 433 g/mol. The maximum atomic E-state index is 13.2. The van der Waals surface area contributed by atoms with Crippen LogP contribution in [0.25, 0.3) is 5.69 Å². The standard InChI is InChI=1S/C20H24N4O5S/c1-29-18(25)12-23-11-16-19(20(26)22-14-7-3-2-4-8-14)21-13-24(16)15-9-5-6-10-17(15)30(23,27)28/h5-6,9-10,13-14H,2-4,7-8,11-12H2,1H3,(H,22,26). The third kappa shape index (κ3) is 3.72. The van der Waals surface area contributed by atoms with Crippen molar-refractivity contribution in [2.75, 3.05) is 13.7 Å². The number of amides is 1. The molecule has 2 aromatic rings. The van der Waals surface area contributed by atoms with Crippen molar-refractivity contribution in [3.63, 3.8) is 0 Å². The maximum Gasteiger partial charge on any atom is 0.321 e. The van der Waals surface area contributed by atoms with E-state index in [-0.39, 0.29) is 29.1 Å². The van der Waals surface area contributed by atoms with Crippen LogP contribution in [-0.4, -0.2) is 53.8 Å². The lowest BCUT2D eigenvalue weighted by molar-refractivity contribution is -0.140. The summed E-state index contributed by atoms with van der Waals surface area (Å²) < 4.78 is 33.8. The van der Waals surface area contributed by atoms with E-state index in [1.165, 1.54) is 25.9 Å². The van der Waals surface area contributed by atoms with Gasteiger partial charge in [0.15, 0.2) is 5.69 Å². The molecule has 0 radical (unpaired) electrons. The molecule has 1 N–H and O–H groups in total. The van der Waals surface area contributed by atoms with E-state index in [1.807, 2.05) is 0 Å². The molecule has 0 saturated heterocycles. The Morgan fingerprint density at radius 3 is 2.67 bits per heavy atom. The van der Waals surface area contributed by atoms with Crippen molar-refractivity contribution < 1.29 is 22.7 Å². The fourth-order valence-electron chi connectivity index (χ4n) is 4.04. The number of para-hydroxylation sites is 1. The Bertz CT molecular complexity index is 1070. The molecule has 1 aromatic carbocycles. The smallest absolute Gasteiger partial charge is 0.321 e. The first-order valence-corrected chi connectivity index (χ1v) is 11.4. The number of hydrogen-bond acceptors (Lipinski definition) is 6. The molecule has 1 aromatic heterocycles. The van der Waals surface area contributed by atoms with Gasteiger partial charge in [0.25, 0.3) is 5.91 Å². The number of sulfonamides is 1. The highest BCUT2D eigenvalue weighted by Crippen LogP contribution is 2.31. The normalized spacial score (nSPS) is 18.7. The number of carbonyl (C=O) groups is 2. The molecule has 1 fully saturated rings. The van der Waals surface area contributed by atoms with Gasteiger partial charge in [0.2, 0.25) is 10.0 Å². The molecule has 2 aliphatic rings. The number of esters is 1. The summed E-state index contributed by atoms with van der Waals surface area (Å²) >= 11 is 0. The summed E-state index contributed by atoms with van der Waals surface area (Å²) in [7, 11) is -2.78. The van der Waals surface area contributed by atoms with Crippen LogP contribution in [0, 0.1) is 0 Å². The van der Waals surface area contributed by atoms with Crippen molar-refractivity contribution in [1.82, 2.24) is 19.2 Å². The van der Waals surface area contributed by atoms with Gasteiger partial charge in [-0.2, -0.15) is 4.31 Å². The third-order valence-corrected chi connectivity index (χ3v) is 7.46. The van der Waals surface area contributed by atoms with E-state index in [2.05, 4.69) is 15.0 Å². The Hall–Kier alpha value is -2.72. The van der Waals surface area contributed by atoms with E-state index in [0.29, 0.717) is 11.4 Å². The van der Waals surface area contributed by atoms with Crippen molar-refractivity contribution in [2.24, 2.45) is 0 Å². The highest BCUT2D eigenvalue weighted by Gasteiger charge is 2.36. The molecule has 0 unspecified atom stereocenters. The molecule has 160 valence electrons. The van der Waals surface area contributed by atoms with Gasteiger partial charge in [-0.05, 0) is 25.0 Å². The highest BCUT2D eigenvalue weighted by molar-refractivity contribution is 7.89. The van der Waals surface area contributed by atoms with Crippen LogP contribution >= 0.6 is 0 Å². The molecule has 1 amide bonds. The second kappa shape index (κ2) is 8.19. The predicted molar refractivity (Wildman–Crippen MR) is 108 cm³/mol. The minimum Gasteiger partial charge on any atom is -0.468 e. The first kappa shape index (κ1) is 20.5. The van der Waals surface area contributed by atoms with Gasteiger partial charge in [-0.15, -0.1) is 0 Å². The van der Waals surface area contributed by atoms with Gasteiger partial charge in [0.05, 0.1) is 25.0 Å². The molecule has 30 heavy (non-hydrogen) atoms. The average Bonchev–Trinajstić information content (AvgIpc) is 3.14. The van der Waals surface area contributed by atoms with E-state index < -0.39 is 22.5 Å². The van der Waals surface area contributed by atoms with Crippen molar-refractivity contribution in [2.45, 2.75) is 49.6 Å². The van der Waals surface area contributed by atoms with Gasteiger partial charge < -0.3 is 10.1 Å². The summed E-state index contributed by atoms with van der Waals surface area (Å²) in [5, 5.41) is 3.03. The Morgan fingerprint density at radius 1 is 1.20 bits per heavy atom.